The Morgan fingerprint density at radius 3 is 3.00 bits per heavy atom. The van der Waals surface area contributed by atoms with E-state index in [4.69, 9.17) is 4.74 Å². The summed E-state index contributed by atoms with van der Waals surface area (Å²) in [5.41, 5.74) is 3.08. The van der Waals surface area contributed by atoms with Gasteiger partial charge in [-0.1, -0.05) is 12.1 Å². The topological polar surface area (TPSA) is 38.6 Å². The maximum Gasteiger partial charge on any atom is 0.139 e. The van der Waals surface area contributed by atoms with Gasteiger partial charge in [0.15, 0.2) is 0 Å². The minimum atomic E-state index is -0.266. The first-order chi connectivity index (χ1) is 11.7. The van der Waals surface area contributed by atoms with E-state index < -0.39 is 0 Å². The molecular formula is C19H20FN3O. The van der Waals surface area contributed by atoms with Crippen LogP contribution in [0, 0.1) is 12.7 Å². The Morgan fingerprint density at radius 2 is 2.21 bits per heavy atom. The van der Waals surface area contributed by atoms with Crippen molar-refractivity contribution in [3.05, 3.63) is 54.0 Å². The largest absolute Gasteiger partial charge is 0.376 e. The zero-order valence-electron chi connectivity index (χ0n) is 13.6. The number of benzene rings is 1. The summed E-state index contributed by atoms with van der Waals surface area (Å²) in [7, 11) is 0. The highest BCUT2D eigenvalue weighted by Gasteiger charge is 2.20. The highest BCUT2D eigenvalue weighted by Crippen LogP contribution is 2.31. The average molecular weight is 325 g/mol. The monoisotopic (exact) mass is 325 g/mol. The number of hydrogen-bond acceptors (Lipinski definition) is 3. The van der Waals surface area contributed by atoms with E-state index in [1.807, 2.05) is 35.7 Å². The van der Waals surface area contributed by atoms with Crippen molar-refractivity contribution in [2.75, 3.05) is 18.5 Å². The van der Waals surface area contributed by atoms with Crippen LogP contribution in [0.15, 0.2) is 42.6 Å². The summed E-state index contributed by atoms with van der Waals surface area (Å²) >= 11 is 0. The van der Waals surface area contributed by atoms with Gasteiger partial charge in [0.2, 0.25) is 0 Å². The average Bonchev–Trinajstić information content (AvgIpc) is 3.20. The fourth-order valence-corrected chi connectivity index (χ4v) is 3.17. The molecule has 1 saturated heterocycles. The first kappa shape index (κ1) is 15.1. The molecule has 4 nitrogen and oxygen atoms in total. The second-order valence-electron chi connectivity index (χ2n) is 6.24. The number of ether oxygens (including phenoxy) is 1. The highest BCUT2D eigenvalue weighted by molar-refractivity contribution is 5.77. The molecule has 0 unspecified atom stereocenters. The van der Waals surface area contributed by atoms with E-state index >= 15 is 0 Å². The number of nitrogens with one attached hydrogen (secondary N) is 1. The zero-order valence-corrected chi connectivity index (χ0v) is 13.6. The molecule has 1 atom stereocenters. The van der Waals surface area contributed by atoms with Crippen molar-refractivity contribution < 1.29 is 9.13 Å². The van der Waals surface area contributed by atoms with Crippen molar-refractivity contribution in [1.29, 1.82) is 0 Å². The molecular weight excluding hydrogens is 305 g/mol. The normalized spacial score (nSPS) is 17.5. The van der Waals surface area contributed by atoms with Crippen LogP contribution in [-0.4, -0.2) is 28.6 Å². The third kappa shape index (κ3) is 2.76. The Labute approximate surface area is 140 Å². The zero-order chi connectivity index (χ0) is 16.5. The van der Waals surface area contributed by atoms with Gasteiger partial charge in [-0.05, 0) is 49.6 Å². The number of pyridine rings is 1. The summed E-state index contributed by atoms with van der Waals surface area (Å²) in [4.78, 5) is 4.67. The van der Waals surface area contributed by atoms with Gasteiger partial charge in [-0.3, -0.25) is 4.40 Å². The minimum Gasteiger partial charge on any atom is -0.376 e. The number of nitrogens with zero attached hydrogens (tertiary/aromatic N) is 2. The molecule has 24 heavy (non-hydrogen) atoms. The number of aryl methyl sites for hydroxylation is 1. The Hall–Kier alpha value is -2.40. The van der Waals surface area contributed by atoms with Gasteiger partial charge in [-0.15, -0.1) is 0 Å². The van der Waals surface area contributed by atoms with Gasteiger partial charge in [0, 0.05) is 24.9 Å². The van der Waals surface area contributed by atoms with E-state index in [9.17, 15) is 4.39 Å². The van der Waals surface area contributed by atoms with Crippen LogP contribution < -0.4 is 5.32 Å². The van der Waals surface area contributed by atoms with E-state index in [0.29, 0.717) is 17.8 Å². The fraction of sp³-hybridized carbons (Fsp3) is 0.316. The molecule has 0 saturated carbocycles. The number of anilines is 1. The third-order valence-corrected chi connectivity index (χ3v) is 4.43. The van der Waals surface area contributed by atoms with E-state index in [1.165, 1.54) is 6.07 Å². The van der Waals surface area contributed by atoms with Gasteiger partial charge >= 0.3 is 0 Å². The summed E-state index contributed by atoms with van der Waals surface area (Å²) in [5.74, 6) is 0.545. The van der Waals surface area contributed by atoms with Crippen LogP contribution in [0.4, 0.5) is 10.2 Å². The first-order valence-electron chi connectivity index (χ1n) is 8.31. The number of hydrogen-bond donors (Lipinski definition) is 1. The summed E-state index contributed by atoms with van der Waals surface area (Å²) in [6, 6.07) is 10.8. The molecule has 0 amide bonds. The Kier molecular flexibility index (Phi) is 3.94. The maximum absolute atomic E-state index is 14.3. The second kappa shape index (κ2) is 6.24. The molecule has 3 heterocycles. The van der Waals surface area contributed by atoms with Crippen molar-refractivity contribution in [3.8, 4) is 11.3 Å². The van der Waals surface area contributed by atoms with Gasteiger partial charge < -0.3 is 10.1 Å². The maximum atomic E-state index is 14.3. The van der Waals surface area contributed by atoms with Crippen LogP contribution in [0.5, 0.6) is 0 Å². The van der Waals surface area contributed by atoms with Gasteiger partial charge in [0.1, 0.15) is 23.0 Å². The van der Waals surface area contributed by atoms with Gasteiger partial charge in [0.05, 0.1) is 6.10 Å². The lowest BCUT2D eigenvalue weighted by Crippen LogP contribution is -2.19. The highest BCUT2D eigenvalue weighted by atomic mass is 19.1. The van der Waals surface area contributed by atoms with Gasteiger partial charge in [-0.2, -0.15) is 0 Å². The summed E-state index contributed by atoms with van der Waals surface area (Å²) in [5, 5.41) is 3.43. The van der Waals surface area contributed by atoms with Crippen LogP contribution >= 0.6 is 0 Å². The molecule has 0 aliphatic carbocycles. The van der Waals surface area contributed by atoms with Crippen molar-refractivity contribution in [2.45, 2.75) is 25.9 Å². The van der Waals surface area contributed by atoms with E-state index in [-0.39, 0.29) is 11.9 Å². The van der Waals surface area contributed by atoms with E-state index in [0.717, 1.165) is 36.5 Å². The molecule has 1 aliphatic rings. The van der Waals surface area contributed by atoms with Crippen molar-refractivity contribution in [2.24, 2.45) is 0 Å². The molecule has 5 heteroatoms. The lowest BCUT2D eigenvalue weighted by molar-refractivity contribution is 0.120. The fourth-order valence-electron chi connectivity index (χ4n) is 3.17. The van der Waals surface area contributed by atoms with Crippen molar-refractivity contribution in [3.63, 3.8) is 0 Å². The van der Waals surface area contributed by atoms with Crippen LogP contribution in [-0.2, 0) is 4.74 Å². The molecule has 0 radical (unpaired) electrons. The lowest BCUT2D eigenvalue weighted by atomic mass is 10.1. The predicted octanol–water partition coefficient (Wildman–Crippen LogP) is 4.04. The molecule has 1 aliphatic heterocycles. The SMILES string of the molecule is Cc1ccn2c(NC[C@H]3CCCO3)c(-c3ccccc3F)nc2c1. The summed E-state index contributed by atoms with van der Waals surface area (Å²) < 4.78 is 22.0. The standard InChI is InChI=1S/C19H20FN3O/c1-13-8-9-23-17(11-13)22-18(15-6-2-3-7-16(15)20)19(23)21-12-14-5-4-10-24-14/h2-3,6-9,11,14,21H,4-5,10,12H2,1H3/t14-/m1/s1. The number of fused-ring (bicyclic) bond motifs is 1. The summed E-state index contributed by atoms with van der Waals surface area (Å²) in [6.45, 7) is 3.54. The molecule has 0 spiro atoms. The Bertz CT molecular complexity index is 868. The Morgan fingerprint density at radius 1 is 1.33 bits per heavy atom. The molecule has 2 aromatic heterocycles. The molecule has 1 fully saturated rings. The quantitative estimate of drug-likeness (QED) is 0.787. The van der Waals surface area contributed by atoms with Crippen molar-refractivity contribution in [1.82, 2.24) is 9.38 Å². The molecule has 1 N–H and O–H groups in total. The third-order valence-electron chi connectivity index (χ3n) is 4.43. The number of halogens is 1. The molecule has 3 aromatic rings. The van der Waals surface area contributed by atoms with E-state index in [2.05, 4.69) is 10.3 Å². The smallest absolute Gasteiger partial charge is 0.139 e. The number of aromatic nitrogens is 2. The molecule has 124 valence electrons. The molecule has 0 bridgehead atoms. The lowest BCUT2D eigenvalue weighted by Gasteiger charge is -2.13. The number of imidazole rings is 1. The Balaban J connectivity index is 1.78. The second-order valence-corrected chi connectivity index (χ2v) is 6.24. The van der Waals surface area contributed by atoms with Gasteiger partial charge in [-0.25, -0.2) is 9.37 Å². The molecule has 1 aromatic carbocycles. The van der Waals surface area contributed by atoms with Gasteiger partial charge in [0.25, 0.3) is 0 Å². The van der Waals surface area contributed by atoms with Crippen LogP contribution in [0.25, 0.3) is 16.9 Å². The minimum absolute atomic E-state index is 0.203. The van der Waals surface area contributed by atoms with Crippen molar-refractivity contribution >= 4 is 11.5 Å². The predicted molar refractivity (Wildman–Crippen MR) is 92.8 cm³/mol. The van der Waals surface area contributed by atoms with E-state index in [1.54, 1.807) is 12.1 Å². The van der Waals surface area contributed by atoms with Crippen LogP contribution in [0.3, 0.4) is 0 Å². The van der Waals surface area contributed by atoms with Crippen LogP contribution in [0.1, 0.15) is 18.4 Å². The molecule has 4 rings (SSSR count). The van der Waals surface area contributed by atoms with Crippen LogP contribution in [0.2, 0.25) is 0 Å². The first-order valence-corrected chi connectivity index (χ1v) is 8.31. The number of rotatable bonds is 4. The summed E-state index contributed by atoms with van der Waals surface area (Å²) in [6.07, 6.45) is 4.32.